The summed E-state index contributed by atoms with van der Waals surface area (Å²) in [4.78, 5) is 19.5. The number of fused-ring (bicyclic) bond motifs is 1. The molecule has 0 saturated carbocycles. The van der Waals surface area contributed by atoms with Gasteiger partial charge >= 0.3 is 0 Å². The maximum absolute atomic E-state index is 13.3. The zero-order valence-corrected chi connectivity index (χ0v) is 17.1. The highest BCUT2D eigenvalue weighted by Gasteiger charge is 2.21. The second-order valence-electron chi connectivity index (χ2n) is 8.03. The third-order valence-corrected chi connectivity index (χ3v) is 5.56. The van der Waals surface area contributed by atoms with Crippen molar-refractivity contribution < 1.29 is 13.6 Å². The summed E-state index contributed by atoms with van der Waals surface area (Å²) < 4.78 is 27.6. The van der Waals surface area contributed by atoms with E-state index in [4.69, 9.17) is 0 Å². The summed E-state index contributed by atoms with van der Waals surface area (Å²) in [6.07, 6.45) is 0.984. The average Bonchev–Trinajstić information content (AvgIpc) is 3.13. The number of piperidine rings is 1. The number of rotatable bonds is 5. The maximum atomic E-state index is 13.3. The first-order valence-corrected chi connectivity index (χ1v) is 10.2. The first-order chi connectivity index (χ1) is 14.4. The van der Waals surface area contributed by atoms with Gasteiger partial charge in [-0.05, 0) is 62.5 Å². The van der Waals surface area contributed by atoms with E-state index in [1.165, 1.54) is 25.1 Å². The molecule has 0 unspecified atom stereocenters. The van der Waals surface area contributed by atoms with Crippen LogP contribution in [0.4, 0.5) is 14.5 Å². The van der Waals surface area contributed by atoms with E-state index in [0.717, 1.165) is 35.6 Å². The lowest BCUT2D eigenvalue weighted by Gasteiger charge is -2.30. The number of nitrogens with one attached hydrogen (secondary N) is 1. The molecule has 1 N–H and O–H groups in total. The lowest BCUT2D eigenvalue weighted by atomic mass is 9.99. The largest absolute Gasteiger partial charge is 0.322 e. The summed E-state index contributed by atoms with van der Waals surface area (Å²) in [6, 6.07) is 8.99. The fourth-order valence-corrected chi connectivity index (χ4v) is 3.85. The Morgan fingerprint density at radius 3 is 2.77 bits per heavy atom. The van der Waals surface area contributed by atoms with E-state index < -0.39 is 12.3 Å². The predicted octanol–water partition coefficient (Wildman–Crippen LogP) is 4.46. The molecule has 1 aliphatic rings. The number of nitrogens with zero attached hydrogens (tertiary/aromatic N) is 4. The topological polar surface area (TPSA) is 62.5 Å². The third-order valence-electron chi connectivity index (χ3n) is 5.56. The smallest absolute Gasteiger partial charge is 0.280 e. The van der Waals surface area contributed by atoms with Crippen LogP contribution in [0.3, 0.4) is 0 Å². The molecule has 1 fully saturated rings. The molecule has 1 aliphatic heterocycles. The molecule has 0 radical (unpaired) electrons. The Labute approximate surface area is 173 Å². The summed E-state index contributed by atoms with van der Waals surface area (Å²) in [5, 5.41) is 6.80. The lowest BCUT2D eigenvalue weighted by Crippen LogP contribution is -2.32. The van der Waals surface area contributed by atoms with Gasteiger partial charge in [0, 0.05) is 17.9 Å². The number of hydrogen-bond donors (Lipinski definition) is 1. The first kappa shape index (κ1) is 20.4. The zero-order valence-electron chi connectivity index (χ0n) is 17.1. The Hall–Kier alpha value is -2.87. The number of carbonyl (C=O) groups excluding carboxylic acids is 1. The molecule has 158 valence electrons. The second kappa shape index (κ2) is 8.47. The number of hydrogen-bond acceptors (Lipinski definition) is 4. The van der Waals surface area contributed by atoms with Crippen molar-refractivity contribution in [3.63, 3.8) is 0 Å². The quantitative estimate of drug-likeness (QED) is 0.671. The number of amides is 1. The molecule has 0 spiro atoms. The van der Waals surface area contributed by atoms with Crippen molar-refractivity contribution in [3.05, 3.63) is 59.0 Å². The van der Waals surface area contributed by atoms with Gasteiger partial charge in [0.2, 0.25) is 0 Å². The molecule has 0 atom stereocenters. The van der Waals surface area contributed by atoms with Crippen molar-refractivity contribution in [2.75, 3.05) is 18.4 Å². The molecule has 1 aromatic carbocycles. The van der Waals surface area contributed by atoms with Gasteiger partial charge in [0.1, 0.15) is 11.3 Å². The van der Waals surface area contributed by atoms with Crippen molar-refractivity contribution in [2.45, 2.75) is 39.7 Å². The molecular formula is C22H25F2N5O. The molecule has 2 aromatic heterocycles. The van der Waals surface area contributed by atoms with Crippen molar-refractivity contribution in [1.29, 1.82) is 0 Å². The molecule has 3 aromatic rings. The van der Waals surface area contributed by atoms with Crippen LogP contribution in [0.15, 0.2) is 36.5 Å². The van der Waals surface area contributed by atoms with E-state index in [9.17, 15) is 13.6 Å². The van der Waals surface area contributed by atoms with E-state index in [2.05, 4.69) is 27.2 Å². The van der Waals surface area contributed by atoms with Crippen LogP contribution in [0.25, 0.3) is 5.65 Å². The van der Waals surface area contributed by atoms with Crippen molar-refractivity contribution in [3.8, 4) is 0 Å². The van der Waals surface area contributed by atoms with Gasteiger partial charge < -0.3 is 5.32 Å². The fraction of sp³-hybridized carbons (Fsp3) is 0.409. The first-order valence-electron chi connectivity index (χ1n) is 10.2. The van der Waals surface area contributed by atoms with Gasteiger partial charge in [-0.2, -0.15) is 5.10 Å². The summed E-state index contributed by atoms with van der Waals surface area (Å²) in [5.74, 6) is 0.354. The van der Waals surface area contributed by atoms with Gasteiger partial charge in [-0.25, -0.2) is 18.3 Å². The fourth-order valence-electron chi connectivity index (χ4n) is 3.85. The van der Waals surface area contributed by atoms with Crippen molar-refractivity contribution in [1.82, 2.24) is 19.5 Å². The summed E-state index contributed by atoms with van der Waals surface area (Å²) in [7, 11) is 0. The van der Waals surface area contributed by atoms with E-state index in [1.54, 1.807) is 6.92 Å². The number of aromatic nitrogens is 3. The van der Waals surface area contributed by atoms with E-state index in [0.29, 0.717) is 11.4 Å². The van der Waals surface area contributed by atoms with Crippen molar-refractivity contribution in [2.24, 2.45) is 5.92 Å². The molecular weight excluding hydrogens is 388 g/mol. The molecule has 30 heavy (non-hydrogen) atoms. The molecule has 1 saturated heterocycles. The van der Waals surface area contributed by atoms with Crippen LogP contribution in [0, 0.1) is 12.8 Å². The normalized spacial score (nSPS) is 15.8. The minimum Gasteiger partial charge on any atom is -0.322 e. The number of halogens is 2. The molecule has 8 heteroatoms. The Bertz CT molecular complexity index is 1060. The molecule has 1 amide bonds. The summed E-state index contributed by atoms with van der Waals surface area (Å²) in [6.45, 7) is 6.90. The Balaban J connectivity index is 1.52. The molecule has 0 bridgehead atoms. The summed E-state index contributed by atoms with van der Waals surface area (Å²) in [5.41, 5.74) is 2.19. The molecule has 3 heterocycles. The van der Waals surface area contributed by atoms with E-state index in [-0.39, 0.29) is 16.9 Å². The van der Waals surface area contributed by atoms with Gasteiger partial charge in [-0.1, -0.05) is 19.1 Å². The lowest BCUT2D eigenvalue weighted by molar-refractivity contribution is 0.102. The third kappa shape index (κ3) is 4.33. The Kier molecular flexibility index (Phi) is 5.76. The summed E-state index contributed by atoms with van der Waals surface area (Å²) >= 11 is 0. The average molecular weight is 413 g/mol. The number of aryl methyl sites for hydroxylation is 1. The number of carbonyl (C=O) groups is 1. The predicted molar refractivity (Wildman–Crippen MR) is 111 cm³/mol. The van der Waals surface area contributed by atoms with Crippen LogP contribution in [0.5, 0.6) is 0 Å². The van der Waals surface area contributed by atoms with Gasteiger partial charge in [0.05, 0.1) is 6.20 Å². The molecule has 0 aliphatic carbocycles. The number of anilines is 1. The highest BCUT2D eigenvalue weighted by molar-refractivity contribution is 6.08. The van der Waals surface area contributed by atoms with Crippen LogP contribution in [0.1, 0.15) is 53.5 Å². The van der Waals surface area contributed by atoms with Gasteiger partial charge in [0.15, 0.2) is 5.65 Å². The van der Waals surface area contributed by atoms with Crippen LogP contribution in [0.2, 0.25) is 0 Å². The van der Waals surface area contributed by atoms with Gasteiger partial charge in [-0.3, -0.25) is 9.69 Å². The van der Waals surface area contributed by atoms with Gasteiger partial charge in [-0.15, -0.1) is 0 Å². The monoisotopic (exact) mass is 413 g/mol. The zero-order chi connectivity index (χ0) is 21.3. The minimum absolute atomic E-state index is 0.126. The standard InChI is InChI=1S/C22H25F2N5O/c1-14-6-8-28(9-7-14)13-16-4-3-5-17(11-16)27-22(30)18-12-25-29-19(20(23)24)10-15(2)26-21(18)29/h3-5,10-12,14,20H,6-9,13H2,1-2H3,(H,27,30). The second-order valence-corrected chi connectivity index (χ2v) is 8.03. The minimum atomic E-state index is -2.71. The van der Waals surface area contributed by atoms with Crippen LogP contribution >= 0.6 is 0 Å². The van der Waals surface area contributed by atoms with Gasteiger partial charge in [0.25, 0.3) is 12.3 Å². The van der Waals surface area contributed by atoms with Crippen LogP contribution in [-0.2, 0) is 6.54 Å². The number of likely N-dealkylation sites (tertiary alicyclic amines) is 1. The Morgan fingerprint density at radius 1 is 1.27 bits per heavy atom. The molecule has 4 rings (SSSR count). The van der Waals surface area contributed by atoms with E-state index >= 15 is 0 Å². The highest BCUT2D eigenvalue weighted by Crippen LogP contribution is 2.23. The SMILES string of the molecule is Cc1cc(C(F)F)n2ncc(C(=O)Nc3cccc(CN4CCC(C)CC4)c3)c2n1. The van der Waals surface area contributed by atoms with Crippen molar-refractivity contribution >= 4 is 17.2 Å². The van der Waals surface area contributed by atoms with E-state index in [1.807, 2.05) is 24.3 Å². The van der Waals surface area contributed by atoms with Crippen LogP contribution < -0.4 is 5.32 Å². The highest BCUT2D eigenvalue weighted by atomic mass is 19.3. The number of benzene rings is 1. The Morgan fingerprint density at radius 2 is 2.03 bits per heavy atom. The van der Waals surface area contributed by atoms with Crippen LogP contribution in [-0.4, -0.2) is 38.5 Å². The maximum Gasteiger partial charge on any atom is 0.280 e. The number of alkyl halides is 2. The molecule has 6 nitrogen and oxygen atoms in total.